The summed E-state index contributed by atoms with van der Waals surface area (Å²) >= 11 is 5.99. The zero-order valence-corrected chi connectivity index (χ0v) is 13.1. The number of hydrogen-bond acceptors (Lipinski definition) is 4. The van der Waals surface area contributed by atoms with Crippen LogP contribution in [0.15, 0.2) is 17.0 Å². The number of rotatable bonds is 5. The molecule has 1 atom stereocenters. The van der Waals surface area contributed by atoms with Crippen LogP contribution in [-0.4, -0.2) is 34.8 Å². The molecule has 1 saturated heterocycles. The summed E-state index contributed by atoms with van der Waals surface area (Å²) in [5.41, 5.74) is 0.589. The van der Waals surface area contributed by atoms with E-state index < -0.39 is 10.0 Å². The lowest BCUT2D eigenvalue weighted by Crippen LogP contribution is -2.32. The first-order valence-corrected chi connectivity index (χ1v) is 8.25. The molecule has 0 bridgehead atoms. The molecule has 0 spiro atoms. The summed E-state index contributed by atoms with van der Waals surface area (Å²) < 4.78 is 37.6. The van der Waals surface area contributed by atoms with Gasteiger partial charge in [-0.3, -0.25) is 0 Å². The zero-order valence-electron chi connectivity index (χ0n) is 11.5. The zero-order chi connectivity index (χ0) is 14.8. The minimum Gasteiger partial charge on any atom is -0.495 e. The third-order valence-corrected chi connectivity index (χ3v) is 5.12. The van der Waals surface area contributed by atoms with Gasteiger partial charge in [0.05, 0.1) is 23.1 Å². The van der Waals surface area contributed by atoms with Crippen molar-refractivity contribution in [2.75, 3.05) is 20.3 Å². The van der Waals surface area contributed by atoms with E-state index in [9.17, 15) is 8.42 Å². The Morgan fingerprint density at radius 2 is 2.25 bits per heavy atom. The van der Waals surface area contributed by atoms with Crippen LogP contribution >= 0.6 is 11.6 Å². The molecule has 1 aromatic carbocycles. The maximum Gasteiger partial charge on any atom is 0.240 e. The average molecular weight is 320 g/mol. The molecule has 1 unspecified atom stereocenters. The monoisotopic (exact) mass is 319 g/mol. The molecule has 112 valence electrons. The lowest BCUT2D eigenvalue weighted by molar-refractivity contribution is 0.114. The van der Waals surface area contributed by atoms with Gasteiger partial charge in [-0.05, 0) is 37.5 Å². The molecule has 0 amide bonds. The predicted molar refractivity (Wildman–Crippen MR) is 76.9 cm³/mol. The SMILES string of the molecule is COc1cc(C)c(S(=O)(=O)NCC2CCCO2)cc1Cl. The van der Waals surface area contributed by atoms with Gasteiger partial charge in [0, 0.05) is 13.2 Å². The summed E-state index contributed by atoms with van der Waals surface area (Å²) in [7, 11) is -2.11. The molecule has 2 rings (SSSR count). The largest absolute Gasteiger partial charge is 0.495 e. The van der Waals surface area contributed by atoms with Crippen molar-refractivity contribution < 1.29 is 17.9 Å². The van der Waals surface area contributed by atoms with E-state index in [2.05, 4.69) is 4.72 Å². The number of sulfonamides is 1. The lowest BCUT2D eigenvalue weighted by Gasteiger charge is -2.14. The molecule has 0 aliphatic carbocycles. The summed E-state index contributed by atoms with van der Waals surface area (Å²) in [4.78, 5) is 0.168. The fourth-order valence-electron chi connectivity index (χ4n) is 2.17. The van der Waals surface area contributed by atoms with E-state index in [1.807, 2.05) is 0 Å². The Balaban J connectivity index is 2.18. The van der Waals surface area contributed by atoms with Crippen molar-refractivity contribution in [2.45, 2.75) is 30.8 Å². The smallest absolute Gasteiger partial charge is 0.240 e. The van der Waals surface area contributed by atoms with Crippen LogP contribution < -0.4 is 9.46 Å². The van der Waals surface area contributed by atoms with Gasteiger partial charge >= 0.3 is 0 Å². The van der Waals surface area contributed by atoms with Crippen LogP contribution in [0.5, 0.6) is 5.75 Å². The second kappa shape index (κ2) is 6.30. The molecular formula is C13H18ClNO4S. The molecule has 1 heterocycles. The molecule has 1 fully saturated rings. The summed E-state index contributed by atoms with van der Waals surface area (Å²) in [5.74, 6) is 0.460. The number of ether oxygens (including phenoxy) is 2. The standard InChI is InChI=1S/C13H18ClNO4S/c1-9-6-12(18-2)11(14)7-13(9)20(16,17)15-8-10-4-3-5-19-10/h6-7,10,15H,3-5,8H2,1-2H3. The van der Waals surface area contributed by atoms with Gasteiger partial charge in [-0.2, -0.15) is 0 Å². The van der Waals surface area contributed by atoms with Gasteiger partial charge in [-0.1, -0.05) is 11.6 Å². The molecule has 0 saturated carbocycles. The Morgan fingerprint density at radius 1 is 1.50 bits per heavy atom. The van der Waals surface area contributed by atoms with Crippen LogP contribution in [0.2, 0.25) is 5.02 Å². The summed E-state index contributed by atoms with van der Waals surface area (Å²) in [5, 5.41) is 0.274. The number of aryl methyl sites for hydroxylation is 1. The molecular weight excluding hydrogens is 302 g/mol. The van der Waals surface area contributed by atoms with Gasteiger partial charge in [0.2, 0.25) is 10.0 Å². The highest BCUT2D eigenvalue weighted by Gasteiger charge is 2.22. The van der Waals surface area contributed by atoms with Crippen molar-refractivity contribution in [3.05, 3.63) is 22.7 Å². The number of halogens is 1. The van der Waals surface area contributed by atoms with E-state index >= 15 is 0 Å². The first-order valence-electron chi connectivity index (χ1n) is 6.39. The molecule has 1 aliphatic rings. The molecule has 0 radical (unpaired) electrons. The van der Waals surface area contributed by atoms with E-state index in [0.717, 1.165) is 12.8 Å². The first kappa shape index (κ1) is 15.6. The number of benzene rings is 1. The Bertz CT molecular complexity index is 582. The van der Waals surface area contributed by atoms with Crippen LogP contribution in [0.4, 0.5) is 0 Å². The Kier molecular flexibility index (Phi) is 4.90. The highest BCUT2D eigenvalue weighted by Crippen LogP contribution is 2.30. The molecule has 0 aromatic heterocycles. The quantitative estimate of drug-likeness (QED) is 0.903. The first-order chi connectivity index (χ1) is 9.44. The van der Waals surface area contributed by atoms with Gasteiger partial charge in [-0.15, -0.1) is 0 Å². The molecule has 1 N–H and O–H groups in total. The molecule has 1 aliphatic heterocycles. The summed E-state index contributed by atoms with van der Waals surface area (Å²) in [6, 6.07) is 3.02. The van der Waals surface area contributed by atoms with Gasteiger partial charge in [0.1, 0.15) is 5.75 Å². The third-order valence-electron chi connectivity index (χ3n) is 3.26. The van der Waals surface area contributed by atoms with Gasteiger partial charge in [0.15, 0.2) is 0 Å². The average Bonchev–Trinajstić information content (AvgIpc) is 2.92. The van der Waals surface area contributed by atoms with E-state index in [0.29, 0.717) is 17.9 Å². The molecule has 7 heteroatoms. The lowest BCUT2D eigenvalue weighted by atomic mass is 10.2. The van der Waals surface area contributed by atoms with Crippen molar-refractivity contribution in [3.63, 3.8) is 0 Å². The van der Waals surface area contributed by atoms with Crippen LogP contribution in [0.25, 0.3) is 0 Å². The minimum atomic E-state index is -3.60. The molecule has 20 heavy (non-hydrogen) atoms. The predicted octanol–water partition coefficient (Wildman–Crippen LogP) is 2.11. The highest BCUT2D eigenvalue weighted by atomic mass is 35.5. The summed E-state index contributed by atoms with van der Waals surface area (Å²) in [6.07, 6.45) is 1.81. The number of hydrogen-bond donors (Lipinski definition) is 1. The van der Waals surface area contributed by atoms with Gasteiger partial charge in [0.25, 0.3) is 0 Å². The second-order valence-electron chi connectivity index (χ2n) is 4.74. The van der Waals surface area contributed by atoms with E-state index in [4.69, 9.17) is 21.1 Å². The van der Waals surface area contributed by atoms with Crippen molar-refractivity contribution in [3.8, 4) is 5.75 Å². The fraction of sp³-hybridized carbons (Fsp3) is 0.538. The highest BCUT2D eigenvalue weighted by molar-refractivity contribution is 7.89. The van der Waals surface area contributed by atoms with E-state index in [1.165, 1.54) is 13.2 Å². The van der Waals surface area contributed by atoms with Crippen LogP contribution in [0.3, 0.4) is 0 Å². The normalized spacial score (nSPS) is 19.2. The third kappa shape index (κ3) is 3.44. The van der Waals surface area contributed by atoms with Crippen molar-refractivity contribution in [2.24, 2.45) is 0 Å². The van der Waals surface area contributed by atoms with Crippen LogP contribution in [0.1, 0.15) is 18.4 Å². The van der Waals surface area contributed by atoms with E-state index in [-0.39, 0.29) is 22.6 Å². The Hall–Kier alpha value is -0.820. The molecule has 5 nitrogen and oxygen atoms in total. The maximum atomic E-state index is 12.3. The van der Waals surface area contributed by atoms with Gasteiger partial charge in [-0.25, -0.2) is 13.1 Å². The number of methoxy groups -OCH3 is 1. The van der Waals surface area contributed by atoms with Gasteiger partial charge < -0.3 is 9.47 Å². The van der Waals surface area contributed by atoms with Crippen molar-refractivity contribution in [1.82, 2.24) is 4.72 Å². The second-order valence-corrected chi connectivity index (χ2v) is 6.88. The number of nitrogens with one attached hydrogen (secondary N) is 1. The minimum absolute atomic E-state index is 0.0428. The Morgan fingerprint density at radius 3 is 2.85 bits per heavy atom. The van der Waals surface area contributed by atoms with Crippen molar-refractivity contribution >= 4 is 21.6 Å². The van der Waals surface area contributed by atoms with E-state index in [1.54, 1.807) is 13.0 Å². The van der Waals surface area contributed by atoms with Crippen LogP contribution in [-0.2, 0) is 14.8 Å². The maximum absolute atomic E-state index is 12.3. The topological polar surface area (TPSA) is 64.6 Å². The molecule has 1 aromatic rings. The van der Waals surface area contributed by atoms with Crippen LogP contribution in [0, 0.1) is 6.92 Å². The Labute approximate surface area is 124 Å². The van der Waals surface area contributed by atoms with Crippen molar-refractivity contribution in [1.29, 1.82) is 0 Å². The summed E-state index contributed by atoms with van der Waals surface area (Å²) in [6.45, 7) is 2.69. The fourth-order valence-corrected chi connectivity index (χ4v) is 3.79.